The van der Waals surface area contributed by atoms with E-state index in [1.165, 1.54) is 17.3 Å². The van der Waals surface area contributed by atoms with Crippen LogP contribution in [0.3, 0.4) is 0 Å². The van der Waals surface area contributed by atoms with Crippen molar-refractivity contribution in [2.75, 3.05) is 36.0 Å². The number of nitrogens with one attached hydrogen (secondary N) is 1. The van der Waals surface area contributed by atoms with Crippen molar-refractivity contribution in [1.82, 2.24) is 5.32 Å². The molecule has 3 rings (SSSR count). The van der Waals surface area contributed by atoms with Crippen LogP contribution in [0.25, 0.3) is 0 Å². The molecule has 0 saturated carbocycles. The molecule has 1 N–H and O–H groups in total. The lowest BCUT2D eigenvalue weighted by Crippen LogP contribution is -2.41. The topological polar surface area (TPSA) is 75.7 Å². The molecule has 0 bridgehead atoms. The first-order chi connectivity index (χ1) is 17.5. The lowest BCUT2D eigenvalue weighted by molar-refractivity contribution is -0.119. The zero-order valence-electron chi connectivity index (χ0n) is 20.6. The molecule has 0 aliphatic carbocycles. The largest absolute Gasteiger partial charge is 0.492 e. The van der Waals surface area contributed by atoms with Gasteiger partial charge in [-0.2, -0.15) is 11.8 Å². The van der Waals surface area contributed by atoms with E-state index in [1.54, 1.807) is 60.3 Å². The van der Waals surface area contributed by atoms with Gasteiger partial charge in [0.1, 0.15) is 12.3 Å². The van der Waals surface area contributed by atoms with Crippen LogP contribution in [0.5, 0.6) is 5.75 Å². The van der Waals surface area contributed by atoms with Crippen molar-refractivity contribution in [1.29, 1.82) is 0 Å². The van der Waals surface area contributed by atoms with Crippen molar-refractivity contribution in [3.8, 4) is 5.75 Å². The quantitative estimate of drug-likeness (QED) is 0.215. The number of thioether (sulfide) groups is 2. The van der Waals surface area contributed by atoms with Crippen LogP contribution >= 0.6 is 23.5 Å². The number of anilines is 1. The number of ether oxygens (including phenoxy) is 1. The lowest BCUT2D eigenvalue weighted by atomic mass is 10.2. The van der Waals surface area contributed by atoms with E-state index >= 15 is 0 Å². The third kappa shape index (κ3) is 7.94. The zero-order valence-corrected chi connectivity index (χ0v) is 23.0. The summed E-state index contributed by atoms with van der Waals surface area (Å²) in [6, 6.07) is 23.8. The number of nitrogens with zero attached hydrogens (tertiary/aromatic N) is 1. The maximum absolute atomic E-state index is 13.7. The SMILES string of the molecule is CCOc1ccccc1N(CC(=O)NCCCSCc1ccccc1)S(=O)(=O)c1ccc(SC)cc1. The summed E-state index contributed by atoms with van der Waals surface area (Å²) in [5.41, 5.74) is 1.60. The summed E-state index contributed by atoms with van der Waals surface area (Å²) >= 11 is 3.34. The summed E-state index contributed by atoms with van der Waals surface area (Å²) in [4.78, 5) is 13.9. The molecule has 0 aliphatic rings. The average molecular weight is 545 g/mol. The van der Waals surface area contributed by atoms with Crippen molar-refractivity contribution >= 4 is 45.1 Å². The third-order valence-corrected chi connectivity index (χ3v) is 8.90. The van der Waals surface area contributed by atoms with Gasteiger partial charge in [0.2, 0.25) is 5.91 Å². The molecule has 0 spiro atoms. The van der Waals surface area contributed by atoms with Gasteiger partial charge in [-0.05, 0) is 67.3 Å². The van der Waals surface area contributed by atoms with E-state index in [0.717, 1.165) is 27.1 Å². The first-order valence-electron chi connectivity index (χ1n) is 11.7. The van der Waals surface area contributed by atoms with Crippen LogP contribution in [-0.2, 0) is 20.6 Å². The molecule has 0 saturated heterocycles. The standard InChI is InChI=1S/C27H32N2O4S3/c1-3-33-26-13-8-7-12-25(26)29(36(31,32)24-16-14-23(34-2)15-17-24)20-27(30)28-18-9-19-35-21-22-10-5-4-6-11-22/h4-8,10-17H,3,9,18-21H2,1-2H3,(H,28,30). The maximum Gasteiger partial charge on any atom is 0.264 e. The molecule has 6 nitrogen and oxygen atoms in total. The zero-order chi connectivity index (χ0) is 25.8. The maximum atomic E-state index is 13.7. The third-order valence-electron chi connectivity index (χ3n) is 5.27. The van der Waals surface area contributed by atoms with Crippen LogP contribution in [0.2, 0.25) is 0 Å². The highest BCUT2D eigenvalue weighted by Gasteiger charge is 2.29. The Morgan fingerprint density at radius 2 is 1.67 bits per heavy atom. The number of hydrogen-bond donors (Lipinski definition) is 1. The van der Waals surface area contributed by atoms with Gasteiger partial charge in [-0.1, -0.05) is 42.5 Å². The predicted molar refractivity (Wildman–Crippen MR) is 151 cm³/mol. The number of carbonyl (C=O) groups is 1. The van der Waals surface area contributed by atoms with Gasteiger partial charge >= 0.3 is 0 Å². The van der Waals surface area contributed by atoms with Crippen molar-refractivity contribution in [3.05, 3.63) is 84.4 Å². The predicted octanol–water partition coefficient (Wildman–Crippen LogP) is 5.44. The molecule has 9 heteroatoms. The Labute approximate surface area is 222 Å². The highest BCUT2D eigenvalue weighted by molar-refractivity contribution is 7.98. The van der Waals surface area contributed by atoms with Crippen molar-refractivity contribution in [2.24, 2.45) is 0 Å². The van der Waals surface area contributed by atoms with E-state index in [0.29, 0.717) is 24.6 Å². The van der Waals surface area contributed by atoms with E-state index in [-0.39, 0.29) is 17.3 Å². The van der Waals surface area contributed by atoms with Crippen molar-refractivity contribution in [2.45, 2.75) is 28.9 Å². The highest BCUT2D eigenvalue weighted by atomic mass is 32.2. The molecular weight excluding hydrogens is 513 g/mol. The molecule has 36 heavy (non-hydrogen) atoms. The van der Waals surface area contributed by atoms with Crippen LogP contribution in [-0.4, -0.2) is 46.0 Å². The number of amides is 1. The fourth-order valence-electron chi connectivity index (χ4n) is 3.47. The van der Waals surface area contributed by atoms with Gasteiger partial charge in [-0.25, -0.2) is 8.42 Å². The second-order valence-electron chi connectivity index (χ2n) is 7.83. The van der Waals surface area contributed by atoms with Crippen LogP contribution in [0.4, 0.5) is 5.69 Å². The molecule has 0 radical (unpaired) electrons. The van der Waals surface area contributed by atoms with E-state index in [1.807, 2.05) is 31.4 Å². The minimum atomic E-state index is -4.01. The second-order valence-corrected chi connectivity index (χ2v) is 11.7. The fourth-order valence-corrected chi connectivity index (χ4v) is 6.23. The number of para-hydroxylation sites is 2. The minimum absolute atomic E-state index is 0.122. The number of hydrogen-bond acceptors (Lipinski definition) is 6. The molecular formula is C27H32N2O4S3. The molecule has 3 aromatic carbocycles. The molecule has 0 fully saturated rings. The van der Waals surface area contributed by atoms with Gasteiger partial charge in [0.15, 0.2) is 0 Å². The normalized spacial score (nSPS) is 11.2. The molecule has 0 heterocycles. The molecule has 0 aromatic heterocycles. The lowest BCUT2D eigenvalue weighted by Gasteiger charge is -2.26. The molecule has 3 aromatic rings. The van der Waals surface area contributed by atoms with Crippen LogP contribution in [0, 0.1) is 0 Å². The van der Waals surface area contributed by atoms with E-state index in [4.69, 9.17) is 4.74 Å². The van der Waals surface area contributed by atoms with E-state index in [9.17, 15) is 13.2 Å². The second kappa shape index (κ2) is 14.2. The molecule has 0 atom stereocenters. The fraction of sp³-hybridized carbons (Fsp3) is 0.296. The Kier molecular flexibility index (Phi) is 11.0. The Morgan fingerprint density at radius 3 is 2.36 bits per heavy atom. The number of rotatable bonds is 14. The van der Waals surface area contributed by atoms with Crippen molar-refractivity contribution < 1.29 is 17.9 Å². The highest BCUT2D eigenvalue weighted by Crippen LogP contribution is 2.32. The van der Waals surface area contributed by atoms with Crippen molar-refractivity contribution in [3.63, 3.8) is 0 Å². The summed E-state index contributed by atoms with van der Waals surface area (Å²) in [5, 5.41) is 2.87. The molecule has 1 amide bonds. The smallest absolute Gasteiger partial charge is 0.264 e. The summed E-state index contributed by atoms with van der Waals surface area (Å²) in [7, 11) is -4.01. The van der Waals surface area contributed by atoms with Gasteiger partial charge in [0.25, 0.3) is 10.0 Å². The Hall–Kier alpha value is -2.62. The van der Waals surface area contributed by atoms with Gasteiger partial charge in [0, 0.05) is 17.2 Å². The van der Waals surface area contributed by atoms with Crippen LogP contribution in [0.15, 0.2) is 88.7 Å². The summed E-state index contributed by atoms with van der Waals surface area (Å²) < 4.78 is 34.1. The first kappa shape index (κ1) is 28.0. The Bertz CT molecular complexity index is 1200. The summed E-state index contributed by atoms with van der Waals surface area (Å²) in [6.45, 7) is 2.34. The number of sulfonamides is 1. The van der Waals surface area contributed by atoms with E-state index in [2.05, 4.69) is 17.4 Å². The molecule has 0 unspecified atom stereocenters. The van der Waals surface area contributed by atoms with E-state index < -0.39 is 10.0 Å². The van der Waals surface area contributed by atoms with Crippen LogP contribution in [0.1, 0.15) is 18.9 Å². The minimum Gasteiger partial charge on any atom is -0.492 e. The number of benzene rings is 3. The average Bonchev–Trinajstić information content (AvgIpc) is 2.90. The van der Waals surface area contributed by atoms with Gasteiger partial charge in [-0.15, -0.1) is 11.8 Å². The first-order valence-corrected chi connectivity index (χ1v) is 15.5. The Morgan fingerprint density at radius 1 is 0.972 bits per heavy atom. The number of carbonyl (C=O) groups excluding carboxylic acids is 1. The van der Waals surface area contributed by atoms with Gasteiger partial charge in [0.05, 0.1) is 17.2 Å². The van der Waals surface area contributed by atoms with Crippen LogP contribution < -0.4 is 14.4 Å². The summed E-state index contributed by atoms with van der Waals surface area (Å²) in [5.74, 6) is 1.87. The summed E-state index contributed by atoms with van der Waals surface area (Å²) in [6.07, 6.45) is 2.72. The molecule has 192 valence electrons. The Balaban J connectivity index is 1.68. The van der Waals surface area contributed by atoms with Gasteiger partial charge in [-0.3, -0.25) is 9.10 Å². The van der Waals surface area contributed by atoms with Gasteiger partial charge < -0.3 is 10.1 Å². The molecule has 0 aliphatic heterocycles. The monoisotopic (exact) mass is 544 g/mol.